The van der Waals surface area contributed by atoms with Crippen LogP contribution in [0.3, 0.4) is 0 Å². The van der Waals surface area contributed by atoms with E-state index in [2.05, 4.69) is 10.3 Å². The van der Waals surface area contributed by atoms with E-state index in [9.17, 15) is 25.0 Å². The summed E-state index contributed by atoms with van der Waals surface area (Å²) < 4.78 is 9.94. The highest BCUT2D eigenvalue weighted by atomic mass is 16.6. The van der Waals surface area contributed by atoms with Crippen molar-refractivity contribution in [3.63, 3.8) is 0 Å². The van der Waals surface area contributed by atoms with E-state index in [1.807, 2.05) is 0 Å². The van der Waals surface area contributed by atoms with Crippen molar-refractivity contribution in [2.24, 2.45) is 0 Å². The Labute approximate surface area is 146 Å². The van der Waals surface area contributed by atoms with Crippen LogP contribution in [0.25, 0.3) is 0 Å². The van der Waals surface area contributed by atoms with Gasteiger partial charge >= 0.3 is 11.7 Å². The molecule has 0 bridgehead atoms. The Morgan fingerprint density at radius 2 is 1.96 bits per heavy atom. The molecule has 0 fully saturated rings. The predicted molar refractivity (Wildman–Crippen MR) is 89.3 cm³/mol. The predicted octanol–water partition coefficient (Wildman–Crippen LogP) is 2.18. The van der Waals surface area contributed by atoms with Gasteiger partial charge in [-0.2, -0.15) is 0 Å². The smallest absolute Gasteiger partial charge is 0.338 e. The van der Waals surface area contributed by atoms with Gasteiger partial charge in [0.15, 0.2) is 5.75 Å². The first-order valence-corrected chi connectivity index (χ1v) is 7.26. The average Bonchev–Trinajstić information content (AvgIpc) is 2.64. The van der Waals surface area contributed by atoms with Gasteiger partial charge in [0.25, 0.3) is 5.69 Å². The van der Waals surface area contributed by atoms with E-state index >= 15 is 0 Å². The number of hydrogen-bond donors (Lipinski definition) is 1. The molecule has 2 aromatic rings. The fraction of sp³-hybridized carbons (Fsp3) is 0.200. The van der Waals surface area contributed by atoms with Crippen molar-refractivity contribution in [3.8, 4) is 5.75 Å². The van der Waals surface area contributed by atoms with Gasteiger partial charge in [-0.3, -0.25) is 20.2 Å². The quantitative estimate of drug-likeness (QED) is 0.323. The summed E-state index contributed by atoms with van der Waals surface area (Å²) in [5, 5.41) is 24.2. The molecule has 0 unspecified atom stereocenters. The van der Waals surface area contributed by atoms with E-state index in [0.717, 1.165) is 12.3 Å². The third kappa shape index (κ3) is 4.63. The van der Waals surface area contributed by atoms with Crippen LogP contribution in [0.2, 0.25) is 0 Å². The van der Waals surface area contributed by atoms with Crippen molar-refractivity contribution >= 4 is 23.2 Å². The van der Waals surface area contributed by atoms with E-state index in [0.29, 0.717) is 5.82 Å². The Morgan fingerprint density at radius 3 is 2.54 bits per heavy atom. The zero-order chi connectivity index (χ0) is 19.1. The van der Waals surface area contributed by atoms with Crippen molar-refractivity contribution in [3.05, 3.63) is 62.3 Å². The van der Waals surface area contributed by atoms with Crippen LogP contribution in [0.15, 0.2) is 36.5 Å². The van der Waals surface area contributed by atoms with Crippen LogP contribution in [-0.4, -0.2) is 41.1 Å². The molecule has 11 heteroatoms. The number of anilines is 1. The molecule has 136 valence electrons. The van der Waals surface area contributed by atoms with Crippen molar-refractivity contribution in [1.29, 1.82) is 0 Å². The maximum atomic E-state index is 12.0. The Morgan fingerprint density at radius 1 is 1.19 bits per heavy atom. The van der Waals surface area contributed by atoms with E-state index in [4.69, 9.17) is 9.47 Å². The molecule has 0 spiro atoms. The molecule has 2 rings (SSSR count). The molecule has 11 nitrogen and oxygen atoms in total. The minimum Gasteiger partial charge on any atom is -0.490 e. The number of nitrogens with one attached hydrogen (secondary N) is 1. The molecule has 0 aliphatic heterocycles. The van der Waals surface area contributed by atoms with Crippen LogP contribution in [0, 0.1) is 20.2 Å². The highest BCUT2D eigenvalue weighted by Gasteiger charge is 2.18. The third-order valence-electron chi connectivity index (χ3n) is 3.21. The van der Waals surface area contributed by atoms with Crippen molar-refractivity contribution in [2.75, 3.05) is 25.6 Å². The molecular weight excluding hydrogens is 348 g/mol. The highest BCUT2D eigenvalue weighted by Crippen LogP contribution is 2.27. The first kappa shape index (κ1) is 18.6. The molecule has 0 atom stereocenters. The lowest BCUT2D eigenvalue weighted by atomic mass is 10.2. The second kappa shape index (κ2) is 8.37. The monoisotopic (exact) mass is 362 g/mol. The van der Waals surface area contributed by atoms with Gasteiger partial charge in [-0.25, -0.2) is 9.78 Å². The fourth-order valence-corrected chi connectivity index (χ4v) is 1.96. The number of carbonyl (C=O) groups excluding carboxylic acids is 1. The first-order valence-electron chi connectivity index (χ1n) is 7.26. The molecule has 0 amide bonds. The molecule has 1 aromatic heterocycles. The maximum Gasteiger partial charge on any atom is 0.338 e. The number of benzene rings is 1. The summed E-state index contributed by atoms with van der Waals surface area (Å²) >= 11 is 0. The molecule has 26 heavy (non-hydrogen) atoms. The number of methoxy groups -OCH3 is 1. The minimum atomic E-state index is -0.670. The zero-order valence-corrected chi connectivity index (χ0v) is 13.6. The number of hydrogen-bond acceptors (Lipinski definition) is 9. The first-order chi connectivity index (χ1) is 12.4. The van der Waals surface area contributed by atoms with E-state index in [-0.39, 0.29) is 35.8 Å². The number of aromatic nitrogens is 1. The van der Waals surface area contributed by atoms with Crippen LogP contribution < -0.4 is 10.1 Å². The molecule has 1 aromatic carbocycles. The molecule has 0 aliphatic carbocycles. The number of carbonyl (C=O) groups is 1. The summed E-state index contributed by atoms with van der Waals surface area (Å²) in [5.41, 5.74) is -0.273. The van der Waals surface area contributed by atoms with Gasteiger partial charge in [0.05, 0.1) is 29.1 Å². The average molecular weight is 362 g/mol. The lowest BCUT2D eigenvalue weighted by molar-refractivity contribution is -0.385. The number of nitrogens with zero attached hydrogens (tertiary/aromatic N) is 3. The fourth-order valence-electron chi connectivity index (χ4n) is 1.96. The van der Waals surface area contributed by atoms with Gasteiger partial charge in [0, 0.05) is 18.2 Å². The standard InChI is InChI=1S/C15H14N4O7/c1-25-13-8-10(2-4-12(13)19(23)24)15(20)26-7-6-16-14-5-3-11(9-17-14)18(21)22/h2-5,8-9H,6-7H2,1H3,(H,16,17). The van der Waals surface area contributed by atoms with Crippen LogP contribution in [0.5, 0.6) is 5.75 Å². The number of rotatable bonds is 8. The molecule has 0 radical (unpaired) electrons. The molecular formula is C15H14N4O7. The van der Waals surface area contributed by atoms with Crippen LogP contribution in [0.4, 0.5) is 17.2 Å². The lowest BCUT2D eigenvalue weighted by Gasteiger charge is -2.08. The molecule has 1 N–H and O–H groups in total. The molecule has 1 heterocycles. The van der Waals surface area contributed by atoms with Gasteiger partial charge in [0.2, 0.25) is 0 Å². The number of nitro groups is 2. The SMILES string of the molecule is COc1cc(C(=O)OCCNc2ccc([N+](=O)[O-])cn2)ccc1[N+](=O)[O-]. The van der Waals surface area contributed by atoms with Crippen LogP contribution in [0.1, 0.15) is 10.4 Å². The van der Waals surface area contributed by atoms with Crippen LogP contribution in [-0.2, 0) is 4.74 Å². The summed E-state index contributed by atoms with van der Waals surface area (Å²) in [6, 6.07) is 6.39. The largest absolute Gasteiger partial charge is 0.490 e. The maximum absolute atomic E-state index is 12.0. The molecule has 0 aliphatic rings. The summed E-state index contributed by atoms with van der Waals surface area (Å²) in [5.74, 6) is -0.321. The molecule has 0 saturated heterocycles. The van der Waals surface area contributed by atoms with Gasteiger partial charge < -0.3 is 14.8 Å². The lowest BCUT2D eigenvalue weighted by Crippen LogP contribution is -2.14. The number of nitro benzene ring substituents is 1. The Balaban J connectivity index is 1.87. The van der Waals surface area contributed by atoms with Crippen molar-refractivity contribution in [2.45, 2.75) is 0 Å². The van der Waals surface area contributed by atoms with Gasteiger partial charge in [-0.1, -0.05) is 0 Å². The molecule has 0 saturated carbocycles. The third-order valence-corrected chi connectivity index (χ3v) is 3.21. The second-order valence-electron chi connectivity index (χ2n) is 4.87. The van der Waals surface area contributed by atoms with E-state index < -0.39 is 15.8 Å². The number of esters is 1. The Bertz CT molecular complexity index is 823. The zero-order valence-electron chi connectivity index (χ0n) is 13.6. The summed E-state index contributed by atoms with van der Waals surface area (Å²) in [4.78, 5) is 36.0. The second-order valence-corrected chi connectivity index (χ2v) is 4.87. The number of pyridine rings is 1. The van der Waals surface area contributed by atoms with E-state index in [1.165, 1.54) is 31.4 Å². The highest BCUT2D eigenvalue weighted by molar-refractivity contribution is 5.90. The summed E-state index contributed by atoms with van der Waals surface area (Å²) in [6.45, 7) is 0.220. The normalized spacial score (nSPS) is 10.0. The van der Waals surface area contributed by atoms with Crippen molar-refractivity contribution in [1.82, 2.24) is 4.98 Å². The minimum absolute atomic E-state index is 0.00317. The summed E-state index contributed by atoms with van der Waals surface area (Å²) in [7, 11) is 1.26. The van der Waals surface area contributed by atoms with Gasteiger partial charge in [-0.05, 0) is 12.1 Å². The van der Waals surface area contributed by atoms with Gasteiger partial charge in [0.1, 0.15) is 18.6 Å². The number of ether oxygens (including phenoxy) is 2. The topological polar surface area (TPSA) is 147 Å². The Kier molecular flexibility index (Phi) is 5.98. The Hall–Kier alpha value is -3.76. The van der Waals surface area contributed by atoms with Crippen LogP contribution >= 0.6 is 0 Å². The summed E-state index contributed by atoms with van der Waals surface area (Å²) in [6.07, 6.45) is 1.11. The van der Waals surface area contributed by atoms with Crippen molar-refractivity contribution < 1.29 is 24.1 Å². The van der Waals surface area contributed by atoms with Gasteiger partial charge in [-0.15, -0.1) is 0 Å². The van der Waals surface area contributed by atoms with E-state index in [1.54, 1.807) is 0 Å².